The molecular weight excluding hydrogens is 212 g/mol. The molecule has 0 radical (unpaired) electrons. The minimum Gasteiger partial charge on any atom is -0.385 e. The van der Waals surface area contributed by atoms with E-state index in [-0.39, 0.29) is 0 Å². The van der Waals surface area contributed by atoms with Gasteiger partial charge >= 0.3 is 0 Å². The van der Waals surface area contributed by atoms with E-state index in [1.807, 2.05) is 12.4 Å². The van der Waals surface area contributed by atoms with Gasteiger partial charge in [0, 0.05) is 32.2 Å². The zero-order valence-electron chi connectivity index (χ0n) is 11.2. The van der Waals surface area contributed by atoms with Crippen molar-refractivity contribution in [2.45, 2.75) is 39.2 Å². The molecule has 1 aromatic heterocycles. The fourth-order valence-corrected chi connectivity index (χ4v) is 1.99. The Hall–Kier alpha value is -0.930. The molecule has 0 aliphatic carbocycles. The predicted octanol–water partition coefficient (Wildman–Crippen LogP) is 2.86. The summed E-state index contributed by atoms with van der Waals surface area (Å²) in [7, 11) is 1.76. The van der Waals surface area contributed by atoms with Gasteiger partial charge in [0.25, 0.3) is 0 Å². The fraction of sp³-hybridized carbons (Fsp3) is 0.643. The van der Waals surface area contributed by atoms with Crippen LogP contribution in [-0.2, 0) is 4.74 Å². The Balaban J connectivity index is 2.64. The van der Waals surface area contributed by atoms with Crippen LogP contribution < -0.4 is 5.32 Å². The number of hydrogen-bond donors (Lipinski definition) is 1. The van der Waals surface area contributed by atoms with Gasteiger partial charge in [-0.05, 0) is 49.9 Å². The van der Waals surface area contributed by atoms with Crippen molar-refractivity contribution >= 4 is 0 Å². The van der Waals surface area contributed by atoms with Crippen LogP contribution in [0, 0.1) is 6.92 Å². The monoisotopic (exact) mass is 236 g/mol. The van der Waals surface area contributed by atoms with Crippen molar-refractivity contribution in [2.75, 3.05) is 20.3 Å². The van der Waals surface area contributed by atoms with Gasteiger partial charge in [-0.2, -0.15) is 0 Å². The van der Waals surface area contributed by atoms with E-state index < -0.39 is 0 Å². The fourth-order valence-electron chi connectivity index (χ4n) is 1.99. The highest BCUT2D eigenvalue weighted by Gasteiger charge is 2.12. The smallest absolute Gasteiger partial charge is 0.0462 e. The second-order valence-electron chi connectivity index (χ2n) is 4.37. The Morgan fingerprint density at radius 3 is 2.94 bits per heavy atom. The number of nitrogens with one attached hydrogen (secondary N) is 1. The molecule has 1 heterocycles. The third kappa shape index (κ3) is 4.84. The van der Waals surface area contributed by atoms with E-state index >= 15 is 0 Å². The molecule has 0 saturated heterocycles. The first-order chi connectivity index (χ1) is 8.29. The Morgan fingerprint density at radius 2 is 2.29 bits per heavy atom. The van der Waals surface area contributed by atoms with E-state index in [9.17, 15) is 0 Å². The summed E-state index contributed by atoms with van der Waals surface area (Å²) in [6, 6.07) is 2.54. The summed E-state index contributed by atoms with van der Waals surface area (Å²) in [5.74, 6) is 0. The van der Waals surface area contributed by atoms with Crippen molar-refractivity contribution in [1.82, 2.24) is 10.3 Å². The molecule has 0 amide bonds. The minimum atomic E-state index is 0.424. The lowest BCUT2D eigenvalue weighted by Gasteiger charge is -2.20. The maximum Gasteiger partial charge on any atom is 0.0462 e. The third-order valence-corrected chi connectivity index (χ3v) is 2.92. The maximum atomic E-state index is 5.12. The van der Waals surface area contributed by atoms with Gasteiger partial charge in [0.15, 0.2) is 0 Å². The summed E-state index contributed by atoms with van der Waals surface area (Å²) in [4.78, 5) is 4.15. The lowest BCUT2D eigenvalue weighted by Crippen LogP contribution is -2.23. The molecule has 1 aromatic rings. The molecule has 3 heteroatoms. The van der Waals surface area contributed by atoms with Gasteiger partial charge in [-0.1, -0.05) is 6.92 Å². The van der Waals surface area contributed by atoms with E-state index in [1.165, 1.54) is 11.1 Å². The maximum absolute atomic E-state index is 5.12. The minimum absolute atomic E-state index is 0.424. The average Bonchev–Trinajstić information content (AvgIpc) is 2.35. The van der Waals surface area contributed by atoms with Crippen LogP contribution in [-0.4, -0.2) is 25.2 Å². The van der Waals surface area contributed by atoms with E-state index in [2.05, 4.69) is 30.2 Å². The number of ether oxygens (including phenoxy) is 1. The third-order valence-electron chi connectivity index (χ3n) is 2.92. The first-order valence-corrected chi connectivity index (χ1v) is 6.42. The molecule has 0 fully saturated rings. The second-order valence-corrected chi connectivity index (χ2v) is 4.37. The van der Waals surface area contributed by atoms with E-state index in [0.29, 0.717) is 6.04 Å². The van der Waals surface area contributed by atoms with Crippen molar-refractivity contribution in [2.24, 2.45) is 0 Å². The van der Waals surface area contributed by atoms with Crippen LogP contribution in [0.5, 0.6) is 0 Å². The van der Waals surface area contributed by atoms with Crippen molar-refractivity contribution < 1.29 is 4.74 Å². The highest BCUT2D eigenvalue weighted by molar-refractivity contribution is 5.25. The van der Waals surface area contributed by atoms with Crippen molar-refractivity contribution in [3.8, 4) is 0 Å². The molecule has 0 aliphatic rings. The van der Waals surface area contributed by atoms with Gasteiger partial charge in [0.05, 0.1) is 0 Å². The Labute approximate surface area is 105 Å². The molecule has 1 atom stereocenters. The van der Waals surface area contributed by atoms with Gasteiger partial charge < -0.3 is 10.1 Å². The Bertz CT molecular complexity index is 315. The number of pyridine rings is 1. The summed E-state index contributed by atoms with van der Waals surface area (Å²) in [5.41, 5.74) is 2.63. The predicted molar refractivity (Wildman–Crippen MR) is 71.1 cm³/mol. The first kappa shape index (κ1) is 14.1. The molecular formula is C14H24N2O. The van der Waals surface area contributed by atoms with Crippen LogP contribution in [0.3, 0.4) is 0 Å². The molecule has 3 nitrogen and oxygen atoms in total. The van der Waals surface area contributed by atoms with Crippen LogP contribution in [0.15, 0.2) is 18.5 Å². The molecule has 96 valence electrons. The standard InChI is InChI=1S/C14H24N2O/c1-4-8-16-14(6-5-10-17-3)13-7-9-15-11-12(13)2/h7,9,11,14,16H,4-6,8,10H2,1-3H3. The first-order valence-electron chi connectivity index (χ1n) is 6.42. The largest absolute Gasteiger partial charge is 0.385 e. The van der Waals surface area contributed by atoms with Gasteiger partial charge in [-0.15, -0.1) is 0 Å². The highest BCUT2D eigenvalue weighted by Crippen LogP contribution is 2.21. The number of nitrogens with zero attached hydrogens (tertiary/aromatic N) is 1. The zero-order chi connectivity index (χ0) is 12.5. The van der Waals surface area contributed by atoms with Gasteiger partial charge in [-0.3, -0.25) is 4.98 Å². The topological polar surface area (TPSA) is 34.1 Å². The van der Waals surface area contributed by atoms with E-state index in [4.69, 9.17) is 4.74 Å². The molecule has 0 bridgehead atoms. The summed E-state index contributed by atoms with van der Waals surface area (Å²) in [6.07, 6.45) is 7.16. The molecule has 0 spiro atoms. The Kier molecular flexibility index (Phi) is 6.82. The Morgan fingerprint density at radius 1 is 1.47 bits per heavy atom. The summed E-state index contributed by atoms with van der Waals surface area (Å²) < 4.78 is 5.12. The average molecular weight is 236 g/mol. The SMILES string of the molecule is CCCNC(CCCOC)c1ccncc1C. The molecule has 17 heavy (non-hydrogen) atoms. The van der Waals surface area contributed by atoms with Gasteiger partial charge in [0.1, 0.15) is 0 Å². The number of aromatic nitrogens is 1. The molecule has 1 N–H and O–H groups in total. The van der Waals surface area contributed by atoms with Crippen molar-refractivity contribution in [3.63, 3.8) is 0 Å². The number of methoxy groups -OCH3 is 1. The summed E-state index contributed by atoms with van der Waals surface area (Å²) in [6.45, 7) is 6.20. The summed E-state index contributed by atoms with van der Waals surface area (Å²) in [5, 5.41) is 3.60. The zero-order valence-corrected chi connectivity index (χ0v) is 11.2. The molecule has 0 aromatic carbocycles. The lowest BCUT2D eigenvalue weighted by atomic mass is 9.99. The highest BCUT2D eigenvalue weighted by atomic mass is 16.5. The molecule has 0 aliphatic heterocycles. The number of hydrogen-bond acceptors (Lipinski definition) is 3. The van der Waals surface area contributed by atoms with E-state index in [1.54, 1.807) is 7.11 Å². The van der Waals surface area contributed by atoms with Crippen molar-refractivity contribution in [1.29, 1.82) is 0 Å². The second kappa shape index (κ2) is 8.20. The van der Waals surface area contributed by atoms with Crippen molar-refractivity contribution in [3.05, 3.63) is 29.6 Å². The van der Waals surface area contributed by atoms with Crippen LogP contribution >= 0.6 is 0 Å². The normalized spacial score (nSPS) is 12.6. The molecule has 0 saturated carbocycles. The van der Waals surface area contributed by atoms with Gasteiger partial charge in [0.2, 0.25) is 0 Å². The van der Waals surface area contributed by atoms with Gasteiger partial charge in [-0.25, -0.2) is 0 Å². The number of rotatable bonds is 8. The van der Waals surface area contributed by atoms with Crippen LogP contribution in [0.25, 0.3) is 0 Å². The van der Waals surface area contributed by atoms with E-state index in [0.717, 1.165) is 32.4 Å². The lowest BCUT2D eigenvalue weighted by molar-refractivity contribution is 0.188. The van der Waals surface area contributed by atoms with Crippen LogP contribution in [0.1, 0.15) is 43.4 Å². The molecule has 1 rings (SSSR count). The quantitative estimate of drug-likeness (QED) is 0.705. The summed E-state index contributed by atoms with van der Waals surface area (Å²) >= 11 is 0. The van der Waals surface area contributed by atoms with Crippen LogP contribution in [0.2, 0.25) is 0 Å². The number of aryl methyl sites for hydroxylation is 1. The van der Waals surface area contributed by atoms with Crippen LogP contribution in [0.4, 0.5) is 0 Å². The molecule has 1 unspecified atom stereocenters.